The fraction of sp³-hybridized carbons (Fsp3) is 0.0909. The van der Waals surface area contributed by atoms with Gasteiger partial charge in [-0.3, -0.25) is 4.98 Å². The van der Waals surface area contributed by atoms with Gasteiger partial charge in [-0.2, -0.15) is 0 Å². The lowest BCUT2D eigenvalue weighted by Gasteiger charge is -2.12. The van der Waals surface area contributed by atoms with Crippen LogP contribution in [0.15, 0.2) is 67.0 Å². The third-order valence-electron chi connectivity index (χ3n) is 4.50. The summed E-state index contributed by atoms with van der Waals surface area (Å²) in [4.78, 5) is 20.3. The first kappa shape index (κ1) is 18.4. The summed E-state index contributed by atoms with van der Waals surface area (Å²) in [6.45, 7) is 0. The summed E-state index contributed by atoms with van der Waals surface area (Å²) in [7, 11) is 3.12. The smallest absolute Gasteiger partial charge is 0.323 e. The summed E-state index contributed by atoms with van der Waals surface area (Å²) in [5.74, 6) is 1.17. The standard InChI is InChI=1S/C22H20N4O3/c1-28-16-10-15(11-17(12-16)29-2)24-22(27)26-21-18-7-3-4-8-19(18)25-20(21)14-6-5-9-23-13-14/h3-13,25H,1-2H3,(H2,24,26,27). The number of benzene rings is 2. The second kappa shape index (κ2) is 7.93. The van der Waals surface area contributed by atoms with Crippen LogP contribution in [0, 0.1) is 0 Å². The molecule has 0 aliphatic heterocycles. The molecular formula is C22H20N4O3. The van der Waals surface area contributed by atoms with Crippen molar-refractivity contribution in [2.75, 3.05) is 24.9 Å². The van der Waals surface area contributed by atoms with E-state index in [2.05, 4.69) is 20.6 Å². The molecule has 2 heterocycles. The van der Waals surface area contributed by atoms with E-state index in [9.17, 15) is 4.79 Å². The Morgan fingerprint density at radius 3 is 2.41 bits per heavy atom. The Kier molecular flexibility index (Phi) is 5.03. The van der Waals surface area contributed by atoms with Crippen LogP contribution in [-0.2, 0) is 0 Å². The van der Waals surface area contributed by atoms with Crippen LogP contribution in [0.5, 0.6) is 11.5 Å². The van der Waals surface area contributed by atoms with Gasteiger partial charge in [0, 0.05) is 52.7 Å². The number of para-hydroxylation sites is 1. The van der Waals surface area contributed by atoms with Gasteiger partial charge in [-0.15, -0.1) is 0 Å². The molecule has 2 aromatic carbocycles. The molecule has 0 saturated carbocycles. The van der Waals surface area contributed by atoms with Crippen LogP contribution in [0.2, 0.25) is 0 Å². The SMILES string of the molecule is COc1cc(NC(=O)Nc2c(-c3cccnc3)[nH]c3ccccc23)cc(OC)c1. The zero-order valence-corrected chi connectivity index (χ0v) is 16.0. The van der Waals surface area contributed by atoms with Crippen LogP contribution in [0.3, 0.4) is 0 Å². The zero-order chi connectivity index (χ0) is 20.2. The van der Waals surface area contributed by atoms with E-state index in [0.717, 1.165) is 22.2 Å². The number of methoxy groups -OCH3 is 2. The maximum atomic E-state index is 12.8. The molecule has 7 nitrogen and oxygen atoms in total. The van der Waals surface area contributed by atoms with Gasteiger partial charge >= 0.3 is 6.03 Å². The molecule has 2 amide bonds. The van der Waals surface area contributed by atoms with Crippen molar-refractivity contribution < 1.29 is 14.3 Å². The van der Waals surface area contributed by atoms with E-state index in [4.69, 9.17) is 9.47 Å². The summed E-state index contributed by atoms with van der Waals surface area (Å²) < 4.78 is 10.5. The van der Waals surface area contributed by atoms with Gasteiger partial charge in [0.05, 0.1) is 25.6 Å². The van der Waals surface area contributed by atoms with E-state index in [1.807, 2.05) is 36.4 Å². The molecule has 0 saturated heterocycles. The number of aromatic nitrogens is 2. The lowest BCUT2D eigenvalue weighted by Crippen LogP contribution is -2.19. The molecule has 4 aromatic rings. The molecule has 29 heavy (non-hydrogen) atoms. The van der Waals surface area contributed by atoms with E-state index < -0.39 is 0 Å². The van der Waals surface area contributed by atoms with E-state index >= 15 is 0 Å². The summed E-state index contributed by atoms with van der Waals surface area (Å²) in [6.07, 6.45) is 3.46. The first-order valence-electron chi connectivity index (χ1n) is 9.00. The minimum atomic E-state index is -0.379. The van der Waals surface area contributed by atoms with Crippen molar-refractivity contribution in [2.24, 2.45) is 0 Å². The molecule has 4 rings (SSSR count). The molecule has 0 fully saturated rings. The molecule has 0 atom stereocenters. The Morgan fingerprint density at radius 2 is 1.72 bits per heavy atom. The fourth-order valence-corrected chi connectivity index (χ4v) is 3.15. The number of fused-ring (bicyclic) bond motifs is 1. The summed E-state index contributed by atoms with van der Waals surface area (Å²) in [5.41, 5.74) is 3.83. The van der Waals surface area contributed by atoms with Gasteiger partial charge in [0.25, 0.3) is 0 Å². The second-order valence-electron chi connectivity index (χ2n) is 6.34. The second-order valence-corrected chi connectivity index (χ2v) is 6.34. The van der Waals surface area contributed by atoms with E-state index in [1.165, 1.54) is 0 Å². The highest BCUT2D eigenvalue weighted by molar-refractivity contribution is 6.10. The quantitative estimate of drug-likeness (QED) is 0.454. The van der Waals surface area contributed by atoms with Crippen molar-refractivity contribution in [1.29, 1.82) is 0 Å². The molecule has 146 valence electrons. The monoisotopic (exact) mass is 388 g/mol. The topological polar surface area (TPSA) is 88.3 Å². The third-order valence-corrected chi connectivity index (χ3v) is 4.50. The average molecular weight is 388 g/mol. The predicted molar refractivity (Wildman–Crippen MR) is 114 cm³/mol. The molecular weight excluding hydrogens is 368 g/mol. The van der Waals surface area contributed by atoms with E-state index in [1.54, 1.807) is 44.8 Å². The van der Waals surface area contributed by atoms with Crippen LogP contribution >= 0.6 is 0 Å². The number of anilines is 2. The van der Waals surface area contributed by atoms with Crippen LogP contribution < -0.4 is 20.1 Å². The molecule has 3 N–H and O–H groups in total. The van der Waals surface area contributed by atoms with Crippen LogP contribution in [0.1, 0.15) is 0 Å². The van der Waals surface area contributed by atoms with Crippen LogP contribution in [0.25, 0.3) is 22.2 Å². The lowest BCUT2D eigenvalue weighted by atomic mass is 10.1. The lowest BCUT2D eigenvalue weighted by molar-refractivity contribution is 0.262. The van der Waals surface area contributed by atoms with Gasteiger partial charge in [0.15, 0.2) is 0 Å². The number of carbonyl (C=O) groups is 1. The van der Waals surface area contributed by atoms with Crippen molar-refractivity contribution in [3.8, 4) is 22.8 Å². The zero-order valence-electron chi connectivity index (χ0n) is 16.0. The van der Waals surface area contributed by atoms with Crippen molar-refractivity contribution >= 4 is 28.3 Å². The number of aromatic amines is 1. The highest BCUT2D eigenvalue weighted by Crippen LogP contribution is 2.35. The molecule has 0 aliphatic rings. The van der Waals surface area contributed by atoms with Crippen molar-refractivity contribution in [3.63, 3.8) is 0 Å². The maximum absolute atomic E-state index is 12.8. The predicted octanol–water partition coefficient (Wildman–Crippen LogP) is 4.89. The number of hydrogen-bond acceptors (Lipinski definition) is 4. The Morgan fingerprint density at radius 1 is 0.966 bits per heavy atom. The van der Waals surface area contributed by atoms with E-state index in [0.29, 0.717) is 22.9 Å². The van der Waals surface area contributed by atoms with Crippen LogP contribution in [0.4, 0.5) is 16.2 Å². The molecule has 2 aromatic heterocycles. The Labute approximate surface area is 167 Å². The summed E-state index contributed by atoms with van der Waals surface area (Å²) in [5, 5.41) is 6.71. The Bertz CT molecular complexity index is 1130. The number of pyridine rings is 1. The Balaban J connectivity index is 1.66. The number of nitrogens with one attached hydrogen (secondary N) is 3. The molecule has 0 aliphatic carbocycles. The van der Waals surface area contributed by atoms with E-state index in [-0.39, 0.29) is 6.03 Å². The molecule has 0 bridgehead atoms. The number of amides is 2. The van der Waals surface area contributed by atoms with Gasteiger partial charge in [0.1, 0.15) is 11.5 Å². The van der Waals surface area contributed by atoms with Crippen LogP contribution in [-0.4, -0.2) is 30.2 Å². The van der Waals surface area contributed by atoms with Crippen molar-refractivity contribution in [1.82, 2.24) is 9.97 Å². The number of urea groups is 1. The number of carbonyl (C=O) groups excluding carboxylic acids is 1. The third kappa shape index (κ3) is 3.84. The number of nitrogens with zero attached hydrogens (tertiary/aromatic N) is 1. The number of hydrogen-bond donors (Lipinski definition) is 3. The number of H-pyrrole nitrogens is 1. The molecule has 7 heteroatoms. The fourth-order valence-electron chi connectivity index (χ4n) is 3.15. The number of ether oxygens (including phenoxy) is 2. The molecule has 0 radical (unpaired) electrons. The maximum Gasteiger partial charge on any atom is 0.323 e. The average Bonchev–Trinajstić information content (AvgIpc) is 3.12. The highest BCUT2D eigenvalue weighted by atomic mass is 16.5. The van der Waals surface area contributed by atoms with Crippen molar-refractivity contribution in [2.45, 2.75) is 0 Å². The number of rotatable bonds is 5. The normalized spacial score (nSPS) is 10.6. The van der Waals surface area contributed by atoms with Gasteiger partial charge in [-0.05, 0) is 18.2 Å². The van der Waals surface area contributed by atoms with Gasteiger partial charge < -0.3 is 25.1 Å². The summed E-state index contributed by atoms with van der Waals surface area (Å²) >= 11 is 0. The minimum absolute atomic E-state index is 0.379. The summed E-state index contributed by atoms with van der Waals surface area (Å²) in [6, 6.07) is 16.4. The highest BCUT2D eigenvalue weighted by Gasteiger charge is 2.16. The Hall–Kier alpha value is -4.00. The molecule has 0 unspecified atom stereocenters. The first-order chi connectivity index (χ1) is 14.2. The van der Waals surface area contributed by atoms with Gasteiger partial charge in [-0.1, -0.05) is 18.2 Å². The largest absolute Gasteiger partial charge is 0.497 e. The minimum Gasteiger partial charge on any atom is -0.497 e. The first-order valence-corrected chi connectivity index (χ1v) is 9.00. The molecule has 0 spiro atoms. The van der Waals surface area contributed by atoms with Gasteiger partial charge in [0.2, 0.25) is 0 Å². The van der Waals surface area contributed by atoms with Crippen molar-refractivity contribution in [3.05, 3.63) is 67.0 Å². The van der Waals surface area contributed by atoms with Gasteiger partial charge in [-0.25, -0.2) is 4.79 Å².